The third kappa shape index (κ3) is 4.30. The predicted octanol–water partition coefficient (Wildman–Crippen LogP) is 4.44. The molecule has 27 heavy (non-hydrogen) atoms. The van der Waals surface area contributed by atoms with Crippen molar-refractivity contribution in [2.24, 2.45) is 0 Å². The van der Waals surface area contributed by atoms with Crippen molar-refractivity contribution >= 4 is 16.9 Å². The van der Waals surface area contributed by atoms with Crippen molar-refractivity contribution in [1.82, 2.24) is 14.9 Å². The number of nitrogens with one attached hydrogen (secondary N) is 1. The quantitative estimate of drug-likeness (QED) is 0.674. The van der Waals surface area contributed by atoms with Crippen LogP contribution in [0.1, 0.15) is 51.0 Å². The van der Waals surface area contributed by atoms with E-state index >= 15 is 0 Å². The maximum atomic E-state index is 11.5. The molecule has 1 amide bonds. The second kappa shape index (κ2) is 8.25. The SMILES string of the molecule is CC(=O)NC(C)c1nc2ccccc2n1CCOc1ccccc1C(C)C. The van der Waals surface area contributed by atoms with Gasteiger partial charge in [0.2, 0.25) is 5.91 Å². The minimum absolute atomic E-state index is 0.0665. The average molecular weight is 365 g/mol. The highest BCUT2D eigenvalue weighted by Crippen LogP contribution is 2.26. The molecule has 0 aliphatic heterocycles. The Bertz CT molecular complexity index is 930. The molecule has 1 heterocycles. The Morgan fingerprint density at radius 3 is 2.56 bits per heavy atom. The second-order valence-corrected chi connectivity index (χ2v) is 7.07. The molecule has 0 aliphatic rings. The van der Waals surface area contributed by atoms with Gasteiger partial charge >= 0.3 is 0 Å². The first kappa shape index (κ1) is 19.0. The minimum Gasteiger partial charge on any atom is -0.491 e. The van der Waals surface area contributed by atoms with Crippen LogP contribution in [0.15, 0.2) is 48.5 Å². The van der Waals surface area contributed by atoms with E-state index in [1.54, 1.807) is 0 Å². The molecule has 0 aliphatic carbocycles. The Kier molecular flexibility index (Phi) is 5.79. The molecule has 5 heteroatoms. The molecule has 1 N–H and O–H groups in total. The molecule has 0 saturated carbocycles. The van der Waals surface area contributed by atoms with Gasteiger partial charge in [0, 0.05) is 6.92 Å². The van der Waals surface area contributed by atoms with Gasteiger partial charge in [-0.2, -0.15) is 0 Å². The van der Waals surface area contributed by atoms with E-state index in [1.165, 1.54) is 12.5 Å². The van der Waals surface area contributed by atoms with E-state index in [9.17, 15) is 4.79 Å². The van der Waals surface area contributed by atoms with Gasteiger partial charge in [-0.25, -0.2) is 4.98 Å². The van der Waals surface area contributed by atoms with Gasteiger partial charge in [0.05, 0.1) is 23.6 Å². The summed E-state index contributed by atoms with van der Waals surface area (Å²) >= 11 is 0. The molecule has 0 fully saturated rings. The standard InChI is InChI=1S/C22H27N3O2/c1-15(2)18-9-5-8-12-21(18)27-14-13-25-20-11-7-6-10-19(20)24-22(25)16(3)23-17(4)26/h5-12,15-16H,13-14H2,1-4H3,(H,23,26). The molecule has 3 rings (SSSR count). The Labute approximate surface area is 160 Å². The number of hydrogen-bond donors (Lipinski definition) is 1. The number of benzene rings is 2. The van der Waals surface area contributed by atoms with Crippen molar-refractivity contribution in [3.05, 3.63) is 59.9 Å². The number of carbonyl (C=O) groups excluding carboxylic acids is 1. The summed E-state index contributed by atoms with van der Waals surface area (Å²) in [4.78, 5) is 16.2. The predicted molar refractivity (Wildman–Crippen MR) is 108 cm³/mol. The zero-order valence-corrected chi connectivity index (χ0v) is 16.4. The number of ether oxygens (including phenoxy) is 1. The van der Waals surface area contributed by atoms with Gasteiger partial charge in [-0.1, -0.05) is 44.2 Å². The Morgan fingerprint density at radius 2 is 1.81 bits per heavy atom. The normalized spacial score (nSPS) is 12.3. The first-order valence-electron chi connectivity index (χ1n) is 9.41. The highest BCUT2D eigenvalue weighted by Gasteiger charge is 2.17. The number of aromatic nitrogens is 2. The lowest BCUT2D eigenvalue weighted by atomic mass is 10.0. The molecule has 1 unspecified atom stereocenters. The number of nitrogens with zero attached hydrogens (tertiary/aromatic N) is 2. The Hall–Kier alpha value is -2.82. The maximum Gasteiger partial charge on any atom is 0.217 e. The summed E-state index contributed by atoms with van der Waals surface area (Å²) in [7, 11) is 0. The molecule has 3 aromatic rings. The van der Waals surface area contributed by atoms with Crippen LogP contribution in [0, 0.1) is 0 Å². The van der Waals surface area contributed by atoms with E-state index in [2.05, 4.69) is 29.8 Å². The van der Waals surface area contributed by atoms with E-state index in [4.69, 9.17) is 9.72 Å². The van der Waals surface area contributed by atoms with Crippen molar-refractivity contribution in [2.75, 3.05) is 6.61 Å². The summed E-state index contributed by atoms with van der Waals surface area (Å²) in [6.07, 6.45) is 0. The van der Waals surface area contributed by atoms with Gasteiger partial charge in [0.15, 0.2) is 0 Å². The summed E-state index contributed by atoms with van der Waals surface area (Å²) in [5.74, 6) is 2.11. The maximum absolute atomic E-state index is 11.5. The molecular formula is C22H27N3O2. The van der Waals surface area contributed by atoms with Crippen LogP contribution in [-0.2, 0) is 11.3 Å². The van der Waals surface area contributed by atoms with E-state index in [-0.39, 0.29) is 11.9 Å². The largest absolute Gasteiger partial charge is 0.491 e. The van der Waals surface area contributed by atoms with Crippen molar-refractivity contribution < 1.29 is 9.53 Å². The molecule has 0 radical (unpaired) electrons. The molecule has 0 spiro atoms. The third-order valence-corrected chi connectivity index (χ3v) is 4.60. The molecule has 1 atom stereocenters. The molecule has 2 aromatic carbocycles. The fourth-order valence-corrected chi connectivity index (χ4v) is 3.36. The van der Waals surface area contributed by atoms with Crippen molar-refractivity contribution in [3.63, 3.8) is 0 Å². The molecular weight excluding hydrogens is 338 g/mol. The number of para-hydroxylation sites is 3. The van der Waals surface area contributed by atoms with Crippen LogP contribution < -0.4 is 10.1 Å². The van der Waals surface area contributed by atoms with Crippen molar-refractivity contribution in [3.8, 4) is 5.75 Å². The lowest BCUT2D eigenvalue weighted by molar-refractivity contribution is -0.119. The van der Waals surface area contributed by atoms with E-state index in [0.29, 0.717) is 19.1 Å². The van der Waals surface area contributed by atoms with Crippen LogP contribution >= 0.6 is 0 Å². The fourth-order valence-electron chi connectivity index (χ4n) is 3.36. The van der Waals surface area contributed by atoms with Crippen LogP contribution in [0.4, 0.5) is 0 Å². The third-order valence-electron chi connectivity index (χ3n) is 4.60. The van der Waals surface area contributed by atoms with Crippen LogP contribution in [0.2, 0.25) is 0 Å². The van der Waals surface area contributed by atoms with Crippen LogP contribution in [0.3, 0.4) is 0 Å². The van der Waals surface area contributed by atoms with Gasteiger partial charge in [0.1, 0.15) is 18.2 Å². The molecule has 0 saturated heterocycles. The topological polar surface area (TPSA) is 56.2 Å². The van der Waals surface area contributed by atoms with Gasteiger partial charge < -0.3 is 14.6 Å². The highest BCUT2D eigenvalue weighted by atomic mass is 16.5. The smallest absolute Gasteiger partial charge is 0.217 e. The van der Waals surface area contributed by atoms with E-state index in [1.807, 2.05) is 49.4 Å². The molecule has 142 valence electrons. The van der Waals surface area contributed by atoms with Crippen molar-refractivity contribution in [1.29, 1.82) is 0 Å². The van der Waals surface area contributed by atoms with Crippen LogP contribution in [0.25, 0.3) is 11.0 Å². The molecule has 5 nitrogen and oxygen atoms in total. The lowest BCUT2D eigenvalue weighted by Gasteiger charge is -2.17. The summed E-state index contributed by atoms with van der Waals surface area (Å²) in [6.45, 7) is 9.00. The number of imidazole rings is 1. The average Bonchev–Trinajstić information content (AvgIpc) is 3.00. The number of carbonyl (C=O) groups is 1. The zero-order valence-electron chi connectivity index (χ0n) is 16.4. The Balaban J connectivity index is 1.83. The number of rotatable bonds is 7. The van der Waals surface area contributed by atoms with Gasteiger partial charge in [-0.3, -0.25) is 4.79 Å². The fraction of sp³-hybridized carbons (Fsp3) is 0.364. The number of fused-ring (bicyclic) bond motifs is 1. The van der Waals surface area contributed by atoms with Gasteiger partial charge in [-0.15, -0.1) is 0 Å². The van der Waals surface area contributed by atoms with E-state index in [0.717, 1.165) is 22.6 Å². The summed E-state index contributed by atoms with van der Waals surface area (Å²) in [6, 6.07) is 16.0. The van der Waals surface area contributed by atoms with Crippen LogP contribution in [0.5, 0.6) is 5.75 Å². The summed E-state index contributed by atoms with van der Waals surface area (Å²) in [5.41, 5.74) is 3.18. The Morgan fingerprint density at radius 1 is 1.11 bits per heavy atom. The number of amides is 1. The minimum atomic E-state index is -0.169. The molecule has 0 bridgehead atoms. The summed E-state index contributed by atoms with van der Waals surface area (Å²) < 4.78 is 8.23. The monoisotopic (exact) mass is 365 g/mol. The second-order valence-electron chi connectivity index (χ2n) is 7.07. The lowest BCUT2D eigenvalue weighted by Crippen LogP contribution is -2.27. The first-order chi connectivity index (χ1) is 13.0. The van der Waals surface area contributed by atoms with E-state index < -0.39 is 0 Å². The van der Waals surface area contributed by atoms with Crippen LogP contribution in [-0.4, -0.2) is 22.1 Å². The molecule has 1 aromatic heterocycles. The first-order valence-corrected chi connectivity index (χ1v) is 9.41. The van der Waals surface area contributed by atoms with Gasteiger partial charge in [0.25, 0.3) is 0 Å². The summed E-state index contributed by atoms with van der Waals surface area (Å²) in [5, 5.41) is 2.93. The highest BCUT2D eigenvalue weighted by molar-refractivity contribution is 5.77. The number of hydrogen-bond acceptors (Lipinski definition) is 3. The van der Waals surface area contributed by atoms with Crippen molar-refractivity contribution in [2.45, 2.75) is 46.2 Å². The van der Waals surface area contributed by atoms with Gasteiger partial charge in [-0.05, 0) is 36.6 Å². The zero-order chi connectivity index (χ0) is 19.4.